The van der Waals surface area contributed by atoms with Gasteiger partial charge >= 0.3 is 0 Å². The van der Waals surface area contributed by atoms with Crippen LogP contribution in [-0.2, 0) is 6.42 Å². The van der Waals surface area contributed by atoms with E-state index in [1.165, 1.54) is 23.7 Å². The first-order valence-electron chi connectivity index (χ1n) is 7.51. The molecule has 3 aromatic rings. The summed E-state index contributed by atoms with van der Waals surface area (Å²) in [6.45, 7) is 0. The lowest BCUT2D eigenvalue weighted by Gasteiger charge is -2.08. The Labute approximate surface area is 153 Å². The zero-order valence-corrected chi connectivity index (χ0v) is 15.4. The molecule has 25 heavy (non-hydrogen) atoms. The molecule has 0 aliphatic carbocycles. The lowest BCUT2D eigenvalue weighted by atomic mass is 10.1. The van der Waals surface area contributed by atoms with Gasteiger partial charge in [0.2, 0.25) is 5.16 Å². The van der Waals surface area contributed by atoms with Crippen LogP contribution in [0.1, 0.15) is 21.1 Å². The molecule has 130 valence electrons. The third kappa shape index (κ3) is 4.40. The fourth-order valence-electron chi connectivity index (χ4n) is 2.24. The normalized spacial score (nSPS) is 10.6. The fraction of sp³-hybridized carbons (Fsp3) is 0.235. The van der Waals surface area contributed by atoms with Gasteiger partial charge in [-0.05, 0) is 23.6 Å². The molecule has 0 saturated carbocycles. The molecule has 2 aromatic heterocycles. The molecule has 0 aliphatic rings. The Hall–Kier alpha value is -2.32. The van der Waals surface area contributed by atoms with Gasteiger partial charge in [0.05, 0.1) is 25.5 Å². The molecule has 3 rings (SSSR count). The van der Waals surface area contributed by atoms with E-state index in [1.54, 1.807) is 36.6 Å². The van der Waals surface area contributed by atoms with Crippen molar-refractivity contribution in [3.05, 3.63) is 52.0 Å². The summed E-state index contributed by atoms with van der Waals surface area (Å²) in [4.78, 5) is 18.1. The highest BCUT2D eigenvalue weighted by molar-refractivity contribution is 7.99. The fourth-order valence-corrected chi connectivity index (χ4v) is 3.65. The molecule has 0 unspecified atom stereocenters. The summed E-state index contributed by atoms with van der Waals surface area (Å²) in [7, 11) is 3.11. The number of rotatable bonds is 8. The average Bonchev–Trinajstić information content (AvgIpc) is 3.31. The van der Waals surface area contributed by atoms with E-state index in [0.717, 1.165) is 5.82 Å². The minimum absolute atomic E-state index is 0.0471. The molecule has 0 bridgehead atoms. The predicted molar refractivity (Wildman–Crippen MR) is 98.1 cm³/mol. The van der Waals surface area contributed by atoms with Crippen LogP contribution in [0.2, 0.25) is 0 Å². The SMILES string of the molecule is COc1ccc(C(=O)CSc2n[nH]c(Cc3cccs3)n2)c(OC)c1. The van der Waals surface area contributed by atoms with Crippen LogP contribution in [0.25, 0.3) is 0 Å². The number of aromatic nitrogens is 3. The van der Waals surface area contributed by atoms with Gasteiger partial charge < -0.3 is 9.47 Å². The van der Waals surface area contributed by atoms with Gasteiger partial charge in [0, 0.05) is 17.4 Å². The Morgan fingerprint density at radius 1 is 1.28 bits per heavy atom. The number of nitrogens with zero attached hydrogens (tertiary/aromatic N) is 2. The molecule has 1 N–H and O–H groups in total. The van der Waals surface area contributed by atoms with Crippen molar-refractivity contribution in [3.63, 3.8) is 0 Å². The quantitative estimate of drug-likeness (QED) is 0.480. The Kier molecular flexibility index (Phi) is 5.72. The molecule has 0 fully saturated rings. The highest BCUT2D eigenvalue weighted by atomic mass is 32.2. The lowest BCUT2D eigenvalue weighted by Crippen LogP contribution is -2.05. The zero-order chi connectivity index (χ0) is 17.6. The Morgan fingerprint density at radius 3 is 2.88 bits per heavy atom. The summed E-state index contributed by atoms with van der Waals surface area (Å²) in [5.41, 5.74) is 0.519. The summed E-state index contributed by atoms with van der Waals surface area (Å²) in [6, 6.07) is 9.21. The lowest BCUT2D eigenvalue weighted by molar-refractivity contribution is 0.101. The van der Waals surface area contributed by atoms with Crippen LogP contribution in [-0.4, -0.2) is 40.9 Å². The number of benzene rings is 1. The van der Waals surface area contributed by atoms with Gasteiger partial charge in [0.15, 0.2) is 5.78 Å². The number of aromatic amines is 1. The predicted octanol–water partition coefficient (Wildman–Crippen LogP) is 3.45. The van der Waals surface area contributed by atoms with E-state index in [0.29, 0.717) is 28.6 Å². The third-order valence-corrected chi connectivity index (χ3v) is 5.20. The Bertz CT molecular complexity index is 847. The van der Waals surface area contributed by atoms with E-state index in [1.807, 2.05) is 11.4 Å². The first-order chi connectivity index (χ1) is 12.2. The number of methoxy groups -OCH3 is 2. The van der Waals surface area contributed by atoms with Gasteiger partial charge in [-0.2, -0.15) is 0 Å². The number of H-pyrrole nitrogens is 1. The van der Waals surface area contributed by atoms with Gasteiger partial charge in [0.1, 0.15) is 17.3 Å². The van der Waals surface area contributed by atoms with Crippen molar-refractivity contribution in [2.45, 2.75) is 11.6 Å². The molecule has 0 amide bonds. The van der Waals surface area contributed by atoms with Gasteiger partial charge in [-0.3, -0.25) is 9.89 Å². The van der Waals surface area contributed by atoms with Crippen LogP contribution < -0.4 is 9.47 Å². The Balaban J connectivity index is 1.62. The van der Waals surface area contributed by atoms with Crippen molar-refractivity contribution in [1.29, 1.82) is 0 Å². The van der Waals surface area contributed by atoms with Crippen LogP contribution >= 0.6 is 23.1 Å². The molecule has 0 spiro atoms. The van der Waals surface area contributed by atoms with Crippen molar-refractivity contribution >= 4 is 28.9 Å². The molecule has 0 radical (unpaired) electrons. The number of Topliss-reactive ketones (excluding diaryl/α,β-unsaturated/α-hetero) is 1. The van der Waals surface area contributed by atoms with Crippen LogP contribution in [0, 0.1) is 0 Å². The molecule has 0 aliphatic heterocycles. The third-order valence-electron chi connectivity index (χ3n) is 3.47. The summed E-state index contributed by atoms with van der Waals surface area (Å²) in [6.07, 6.45) is 0.714. The number of thioether (sulfide) groups is 1. The second kappa shape index (κ2) is 8.17. The topological polar surface area (TPSA) is 77.1 Å². The van der Waals surface area contributed by atoms with Crippen LogP contribution in [0.3, 0.4) is 0 Å². The second-order valence-electron chi connectivity index (χ2n) is 5.10. The molecule has 8 heteroatoms. The molecule has 6 nitrogen and oxygen atoms in total. The van der Waals surface area contributed by atoms with E-state index in [9.17, 15) is 4.79 Å². The maximum atomic E-state index is 12.5. The number of nitrogens with one attached hydrogen (secondary N) is 1. The van der Waals surface area contributed by atoms with Crippen LogP contribution in [0.5, 0.6) is 11.5 Å². The highest BCUT2D eigenvalue weighted by Crippen LogP contribution is 2.26. The van der Waals surface area contributed by atoms with Crippen molar-refractivity contribution in [2.75, 3.05) is 20.0 Å². The zero-order valence-electron chi connectivity index (χ0n) is 13.8. The number of carbonyl (C=O) groups is 1. The average molecular weight is 375 g/mol. The van der Waals surface area contributed by atoms with E-state index < -0.39 is 0 Å². The number of hydrogen-bond acceptors (Lipinski definition) is 7. The highest BCUT2D eigenvalue weighted by Gasteiger charge is 2.15. The minimum atomic E-state index is -0.0471. The number of carbonyl (C=O) groups excluding carboxylic acids is 1. The molecular weight excluding hydrogens is 358 g/mol. The van der Waals surface area contributed by atoms with E-state index in [2.05, 4.69) is 21.2 Å². The first-order valence-corrected chi connectivity index (χ1v) is 9.38. The first kappa shape index (κ1) is 17.5. The maximum absolute atomic E-state index is 12.5. The van der Waals surface area contributed by atoms with E-state index >= 15 is 0 Å². The minimum Gasteiger partial charge on any atom is -0.497 e. The van der Waals surface area contributed by atoms with Crippen molar-refractivity contribution < 1.29 is 14.3 Å². The van der Waals surface area contributed by atoms with Crippen molar-refractivity contribution in [3.8, 4) is 11.5 Å². The Morgan fingerprint density at radius 2 is 2.16 bits per heavy atom. The molecule has 0 atom stereocenters. The van der Waals surface area contributed by atoms with Gasteiger partial charge in [-0.1, -0.05) is 17.8 Å². The summed E-state index contributed by atoms with van der Waals surface area (Å²) >= 11 is 2.98. The van der Waals surface area contributed by atoms with Crippen LogP contribution in [0.15, 0.2) is 40.9 Å². The molecule has 0 saturated heterocycles. The summed E-state index contributed by atoms with van der Waals surface area (Å²) < 4.78 is 10.4. The second-order valence-corrected chi connectivity index (χ2v) is 7.07. The smallest absolute Gasteiger partial charge is 0.208 e. The van der Waals surface area contributed by atoms with E-state index in [4.69, 9.17) is 9.47 Å². The molecule has 2 heterocycles. The van der Waals surface area contributed by atoms with Crippen molar-refractivity contribution in [1.82, 2.24) is 15.2 Å². The maximum Gasteiger partial charge on any atom is 0.208 e. The van der Waals surface area contributed by atoms with Gasteiger partial charge in [-0.25, -0.2) is 4.98 Å². The molecular formula is C17H17N3O3S2. The summed E-state index contributed by atoms with van der Waals surface area (Å²) in [5, 5.41) is 9.67. The standard InChI is InChI=1S/C17H17N3O3S2/c1-22-11-5-6-13(15(8-11)23-2)14(21)10-25-17-18-16(19-20-17)9-12-4-3-7-24-12/h3-8H,9-10H2,1-2H3,(H,18,19,20). The van der Waals surface area contributed by atoms with E-state index in [-0.39, 0.29) is 11.5 Å². The number of thiophene rings is 1. The van der Waals surface area contributed by atoms with Gasteiger partial charge in [-0.15, -0.1) is 16.4 Å². The van der Waals surface area contributed by atoms with Gasteiger partial charge in [0.25, 0.3) is 0 Å². The number of ether oxygens (including phenoxy) is 2. The largest absolute Gasteiger partial charge is 0.497 e. The summed E-state index contributed by atoms with van der Waals surface area (Å²) in [5.74, 6) is 2.12. The monoisotopic (exact) mass is 375 g/mol. The number of ketones is 1. The van der Waals surface area contributed by atoms with Crippen LogP contribution in [0.4, 0.5) is 0 Å². The molecule has 1 aromatic carbocycles. The van der Waals surface area contributed by atoms with Crippen molar-refractivity contribution in [2.24, 2.45) is 0 Å². The number of hydrogen-bond donors (Lipinski definition) is 1.